The monoisotopic (exact) mass is 547 g/mol. The Morgan fingerprint density at radius 3 is 2.34 bits per heavy atom. The van der Waals surface area contributed by atoms with E-state index in [1.807, 2.05) is 36.9 Å². The van der Waals surface area contributed by atoms with Crippen molar-refractivity contribution in [3.05, 3.63) is 60.2 Å². The zero-order valence-corrected chi connectivity index (χ0v) is 20.9. The summed E-state index contributed by atoms with van der Waals surface area (Å²) in [4.78, 5) is 6.27. The zero-order chi connectivity index (χ0) is 20.2. The number of hydrogen-bond acceptors (Lipinski definition) is 4. The first-order valence-corrected chi connectivity index (χ1v) is 12.4. The van der Waals surface area contributed by atoms with Gasteiger partial charge < -0.3 is 10.6 Å². The predicted octanol–water partition coefficient (Wildman–Crippen LogP) is 3.99. The number of rotatable bonds is 10. The lowest BCUT2D eigenvalue weighted by molar-refractivity contribution is 0.602. The van der Waals surface area contributed by atoms with Crippen molar-refractivity contribution in [2.75, 3.05) is 31.6 Å². The van der Waals surface area contributed by atoms with Crippen LogP contribution >= 0.6 is 35.7 Å². The Bertz CT molecular complexity index is 842. The molecule has 0 fully saturated rings. The standard InChI is InChI=1S/C21H29N3O2S2.HI/c1-3-22-21(23-15-7-17-27-19-8-5-4-6-9-19)24-16-14-18-10-12-20(13-11-18)28(2,25)26;/h4-6,8-13H,3,7,14-17H2,1-2H3,(H2,22,23,24);1H. The van der Waals surface area contributed by atoms with Crippen LogP contribution in [0, 0.1) is 0 Å². The molecule has 0 saturated heterocycles. The number of hydrogen-bond donors (Lipinski definition) is 2. The van der Waals surface area contributed by atoms with Gasteiger partial charge in [-0.2, -0.15) is 0 Å². The van der Waals surface area contributed by atoms with Crippen LogP contribution in [0.3, 0.4) is 0 Å². The Kier molecular flexibility index (Phi) is 12.3. The number of benzene rings is 2. The SMILES string of the molecule is CCNC(=NCCCSc1ccccc1)NCCc1ccc(S(C)(=O)=O)cc1.I. The number of nitrogens with zero attached hydrogens (tertiary/aromatic N) is 1. The molecule has 0 radical (unpaired) electrons. The fourth-order valence-electron chi connectivity index (χ4n) is 2.53. The van der Waals surface area contributed by atoms with Gasteiger partial charge in [0.05, 0.1) is 4.90 Å². The Labute approximate surface area is 196 Å². The molecule has 0 aliphatic rings. The van der Waals surface area contributed by atoms with Crippen molar-refractivity contribution in [1.29, 1.82) is 0 Å². The summed E-state index contributed by atoms with van der Waals surface area (Å²) >= 11 is 1.85. The fourth-order valence-corrected chi connectivity index (χ4v) is 4.02. The van der Waals surface area contributed by atoms with Crippen molar-refractivity contribution in [2.24, 2.45) is 4.99 Å². The molecular formula is C21H30IN3O2S2. The minimum absolute atomic E-state index is 0. The second-order valence-electron chi connectivity index (χ2n) is 6.37. The van der Waals surface area contributed by atoms with E-state index in [2.05, 4.69) is 39.9 Å². The van der Waals surface area contributed by atoms with Gasteiger partial charge in [-0.05, 0) is 55.3 Å². The van der Waals surface area contributed by atoms with Crippen molar-refractivity contribution >= 4 is 51.5 Å². The number of guanidine groups is 1. The van der Waals surface area contributed by atoms with Gasteiger partial charge in [0.25, 0.3) is 0 Å². The molecule has 0 aliphatic heterocycles. The number of thioether (sulfide) groups is 1. The maximum Gasteiger partial charge on any atom is 0.191 e. The highest BCUT2D eigenvalue weighted by atomic mass is 127. The minimum Gasteiger partial charge on any atom is -0.357 e. The van der Waals surface area contributed by atoms with Gasteiger partial charge in [-0.25, -0.2) is 8.42 Å². The Hall–Kier alpha value is -1.26. The van der Waals surface area contributed by atoms with E-state index >= 15 is 0 Å². The van der Waals surface area contributed by atoms with Gasteiger partial charge in [0.1, 0.15) is 0 Å². The molecule has 0 amide bonds. The molecule has 2 N–H and O–H groups in total. The molecule has 29 heavy (non-hydrogen) atoms. The van der Waals surface area contributed by atoms with Crippen LogP contribution in [0.1, 0.15) is 18.9 Å². The van der Waals surface area contributed by atoms with Crippen LogP contribution in [0.4, 0.5) is 0 Å². The highest BCUT2D eigenvalue weighted by molar-refractivity contribution is 14.0. The third-order valence-corrected chi connectivity index (χ3v) is 6.21. The summed E-state index contributed by atoms with van der Waals surface area (Å²) in [7, 11) is -3.14. The van der Waals surface area contributed by atoms with Crippen molar-refractivity contribution < 1.29 is 8.42 Å². The molecule has 0 heterocycles. The second-order valence-corrected chi connectivity index (χ2v) is 9.55. The Morgan fingerprint density at radius 2 is 1.72 bits per heavy atom. The number of nitrogens with one attached hydrogen (secondary N) is 2. The quantitative estimate of drug-likeness (QED) is 0.155. The maximum atomic E-state index is 11.5. The topological polar surface area (TPSA) is 70.6 Å². The molecule has 0 aliphatic carbocycles. The zero-order valence-electron chi connectivity index (χ0n) is 16.9. The van der Waals surface area contributed by atoms with Crippen molar-refractivity contribution in [3.63, 3.8) is 0 Å². The molecule has 0 bridgehead atoms. The summed E-state index contributed by atoms with van der Waals surface area (Å²) in [5.41, 5.74) is 1.09. The second kappa shape index (κ2) is 13.9. The molecule has 2 aromatic rings. The molecule has 0 aromatic heterocycles. The van der Waals surface area contributed by atoms with Crippen LogP contribution in [-0.4, -0.2) is 46.0 Å². The van der Waals surface area contributed by atoms with Crippen LogP contribution < -0.4 is 10.6 Å². The Morgan fingerprint density at radius 1 is 1.03 bits per heavy atom. The molecule has 5 nitrogen and oxygen atoms in total. The smallest absolute Gasteiger partial charge is 0.191 e. The lowest BCUT2D eigenvalue weighted by atomic mass is 10.1. The molecule has 160 valence electrons. The number of halogens is 1. The molecule has 8 heteroatoms. The van der Waals surface area contributed by atoms with E-state index < -0.39 is 9.84 Å². The van der Waals surface area contributed by atoms with Gasteiger partial charge in [-0.15, -0.1) is 35.7 Å². The van der Waals surface area contributed by atoms with Crippen LogP contribution in [0.15, 0.2) is 69.4 Å². The predicted molar refractivity (Wildman–Crippen MR) is 134 cm³/mol. The van der Waals surface area contributed by atoms with Gasteiger partial charge in [0.2, 0.25) is 0 Å². The van der Waals surface area contributed by atoms with Gasteiger partial charge in [0, 0.05) is 30.8 Å². The third-order valence-electron chi connectivity index (χ3n) is 3.99. The first kappa shape index (κ1) is 25.8. The molecule has 2 rings (SSSR count). The average Bonchev–Trinajstić information content (AvgIpc) is 2.68. The van der Waals surface area contributed by atoms with Crippen molar-refractivity contribution in [1.82, 2.24) is 10.6 Å². The van der Waals surface area contributed by atoms with E-state index in [1.54, 1.807) is 12.1 Å². The fraction of sp³-hybridized carbons (Fsp3) is 0.381. The first-order chi connectivity index (χ1) is 13.5. The lowest BCUT2D eigenvalue weighted by Gasteiger charge is -2.11. The summed E-state index contributed by atoms with van der Waals surface area (Å²) in [6, 6.07) is 17.5. The summed E-state index contributed by atoms with van der Waals surface area (Å²) in [6.45, 7) is 4.38. The van der Waals surface area contributed by atoms with Crippen LogP contribution in [0.25, 0.3) is 0 Å². The highest BCUT2D eigenvalue weighted by Gasteiger charge is 2.06. The normalized spacial score (nSPS) is 11.6. The van der Waals surface area contributed by atoms with Gasteiger partial charge in [-0.1, -0.05) is 30.3 Å². The molecule has 0 unspecified atom stereocenters. The molecular weight excluding hydrogens is 517 g/mol. The summed E-state index contributed by atoms with van der Waals surface area (Å²) in [5, 5.41) is 6.60. The summed E-state index contributed by atoms with van der Waals surface area (Å²) in [6.07, 6.45) is 3.04. The van der Waals surface area contributed by atoms with E-state index in [0.29, 0.717) is 4.90 Å². The van der Waals surface area contributed by atoms with Crippen LogP contribution in [-0.2, 0) is 16.3 Å². The van der Waals surface area contributed by atoms with Crippen molar-refractivity contribution in [3.8, 4) is 0 Å². The molecule has 0 spiro atoms. The lowest BCUT2D eigenvalue weighted by Crippen LogP contribution is -2.38. The molecule has 2 aromatic carbocycles. The third kappa shape index (κ3) is 10.4. The highest BCUT2D eigenvalue weighted by Crippen LogP contribution is 2.17. The van der Waals surface area contributed by atoms with Gasteiger partial charge >= 0.3 is 0 Å². The van der Waals surface area contributed by atoms with Crippen LogP contribution in [0.2, 0.25) is 0 Å². The molecule has 0 saturated carbocycles. The van der Waals surface area contributed by atoms with Crippen molar-refractivity contribution in [2.45, 2.75) is 29.6 Å². The maximum absolute atomic E-state index is 11.5. The summed E-state index contributed by atoms with van der Waals surface area (Å²) < 4.78 is 23.0. The van der Waals surface area contributed by atoms with Gasteiger partial charge in [-0.3, -0.25) is 4.99 Å². The Balaban J connectivity index is 0.00000420. The number of aliphatic imine (C=N–C) groups is 1. The van der Waals surface area contributed by atoms with E-state index in [1.165, 1.54) is 11.2 Å². The average molecular weight is 548 g/mol. The largest absolute Gasteiger partial charge is 0.357 e. The van der Waals surface area contributed by atoms with E-state index in [4.69, 9.17) is 0 Å². The first-order valence-electron chi connectivity index (χ1n) is 9.48. The van der Waals surface area contributed by atoms with Crippen LogP contribution in [0.5, 0.6) is 0 Å². The molecule has 0 atom stereocenters. The summed E-state index contributed by atoms with van der Waals surface area (Å²) in [5.74, 6) is 1.86. The number of sulfone groups is 1. The van der Waals surface area contributed by atoms with E-state index in [9.17, 15) is 8.42 Å². The minimum atomic E-state index is -3.14. The van der Waals surface area contributed by atoms with Gasteiger partial charge in [0.15, 0.2) is 15.8 Å². The van der Waals surface area contributed by atoms with E-state index in [-0.39, 0.29) is 24.0 Å². The van der Waals surface area contributed by atoms with E-state index in [0.717, 1.165) is 49.8 Å².